The van der Waals surface area contributed by atoms with Gasteiger partial charge in [0, 0.05) is 11.6 Å². The Morgan fingerprint density at radius 3 is 2.46 bits per heavy atom. The maximum Gasteiger partial charge on any atom is 0.268 e. The lowest BCUT2D eigenvalue weighted by molar-refractivity contribution is 0.589. The highest BCUT2D eigenvalue weighted by molar-refractivity contribution is 7.90. The topological polar surface area (TPSA) is 62.9 Å². The van der Waals surface area contributed by atoms with Crippen LogP contribution in [0.4, 0.5) is 0 Å². The van der Waals surface area contributed by atoms with Gasteiger partial charge >= 0.3 is 0 Å². The molecule has 0 amide bonds. The van der Waals surface area contributed by atoms with E-state index < -0.39 is 10.0 Å². The van der Waals surface area contributed by atoms with Crippen LogP contribution in [0, 0.1) is 18.3 Å². The fourth-order valence-corrected chi connectivity index (χ4v) is 4.40. The van der Waals surface area contributed by atoms with Crippen LogP contribution in [-0.2, 0) is 10.0 Å². The monoisotopic (exact) mass is 336 g/mol. The van der Waals surface area contributed by atoms with Crippen molar-refractivity contribution in [2.45, 2.75) is 30.6 Å². The number of nitrogens with zero attached hydrogens (tertiary/aromatic N) is 2. The van der Waals surface area contributed by atoms with Crippen molar-refractivity contribution in [2.75, 3.05) is 0 Å². The van der Waals surface area contributed by atoms with Gasteiger partial charge in [-0.05, 0) is 55.5 Å². The van der Waals surface area contributed by atoms with Crippen molar-refractivity contribution < 1.29 is 8.42 Å². The van der Waals surface area contributed by atoms with E-state index in [0.717, 1.165) is 29.4 Å². The summed E-state index contributed by atoms with van der Waals surface area (Å²) >= 11 is 0. The van der Waals surface area contributed by atoms with Gasteiger partial charge in [0.2, 0.25) is 0 Å². The zero-order valence-corrected chi connectivity index (χ0v) is 14.0. The number of hydrogen-bond donors (Lipinski definition) is 0. The summed E-state index contributed by atoms with van der Waals surface area (Å²) in [6, 6.07) is 14.2. The molecule has 0 saturated heterocycles. The molecule has 1 heterocycles. The van der Waals surface area contributed by atoms with Crippen molar-refractivity contribution in [2.24, 2.45) is 0 Å². The Balaban J connectivity index is 1.98. The normalized spacial score (nSPS) is 14.7. The summed E-state index contributed by atoms with van der Waals surface area (Å²) in [7, 11) is -3.68. The van der Waals surface area contributed by atoms with Crippen LogP contribution in [0.15, 0.2) is 53.6 Å². The van der Waals surface area contributed by atoms with E-state index in [1.807, 2.05) is 13.0 Å². The van der Waals surface area contributed by atoms with E-state index in [1.54, 1.807) is 42.6 Å². The number of benzene rings is 2. The lowest BCUT2D eigenvalue weighted by Gasteiger charge is -2.08. The standard InChI is InChI=1S/C19H16N2O2S/c1-13-2-7-16(8-3-13)24(22,23)21-12-18(15-5-6-15)17-9-4-14(11-20)10-19(17)21/h2-4,7-10,12,15H,5-6H2,1H3. The number of fused-ring (bicyclic) bond motifs is 1. The van der Waals surface area contributed by atoms with Crippen LogP contribution < -0.4 is 0 Å². The molecular weight excluding hydrogens is 320 g/mol. The molecule has 0 N–H and O–H groups in total. The summed E-state index contributed by atoms with van der Waals surface area (Å²) in [5.41, 5.74) is 3.11. The molecule has 4 nitrogen and oxygen atoms in total. The number of rotatable bonds is 3. The summed E-state index contributed by atoms with van der Waals surface area (Å²) < 4.78 is 27.5. The van der Waals surface area contributed by atoms with Crippen LogP contribution in [0.2, 0.25) is 0 Å². The van der Waals surface area contributed by atoms with Crippen LogP contribution in [0.25, 0.3) is 10.9 Å². The molecule has 1 aromatic heterocycles. The molecule has 0 atom stereocenters. The van der Waals surface area contributed by atoms with Gasteiger partial charge in [0.15, 0.2) is 0 Å². The zero-order valence-electron chi connectivity index (χ0n) is 13.2. The van der Waals surface area contributed by atoms with E-state index in [-0.39, 0.29) is 4.90 Å². The highest BCUT2D eigenvalue weighted by atomic mass is 32.2. The van der Waals surface area contributed by atoms with Gasteiger partial charge in [-0.25, -0.2) is 12.4 Å². The van der Waals surface area contributed by atoms with Crippen LogP contribution in [0.5, 0.6) is 0 Å². The van der Waals surface area contributed by atoms with Gasteiger partial charge < -0.3 is 0 Å². The first-order valence-electron chi connectivity index (χ1n) is 7.88. The molecule has 2 aromatic carbocycles. The Kier molecular flexibility index (Phi) is 3.26. The summed E-state index contributed by atoms with van der Waals surface area (Å²) in [5.74, 6) is 0.426. The molecule has 1 saturated carbocycles. The highest BCUT2D eigenvalue weighted by Crippen LogP contribution is 2.44. The van der Waals surface area contributed by atoms with Crippen molar-refractivity contribution >= 4 is 20.9 Å². The lowest BCUT2D eigenvalue weighted by Crippen LogP contribution is -2.11. The van der Waals surface area contributed by atoms with E-state index >= 15 is 0 Å². The Morgan fingerprint density at radius 1 is 1.12 bits per heavy atom. The summed E-state index contributed by atoms with van der Waals surface area (Å²) in [6.07, 6.45) is 3.91. The second kappa shape index (κ2) is 5.22. The van der Waals surface area contributed by atoms with Crippen molar-refractivity contribution in [3.05, 3.63) is 65.4 Å². The van der Waals surface area contributed by atoms with E-state index in [0.29, 0.717) is 17.0 Å². The molecule has 3 aromatic rings. The maximum absolute atomic E-state index is 13.1. The van der Waals surface area contributed by atoms with Gasteiger partial charge in [0.1, 0.15) is 0 Å². The first kappa shape index (κ1) is 15.0. The highest BCUT2D eigenvalue weighted by Gasteiger charge is 2.30. The average Bonchev–Trinajstić information content (AvgIpc) is 3.35. The van der Waals surface area contributed by atoms with Crippen molar-refractivity contribution in [3.8, 4) is 6.07 Å². The minimum absolute atomic E-state index is 0.259. The molecule has 1 aliphatic carbocycles. The Morgan fingerprint density at radius 2 is 1.83 bits per heavy atom. The number of hydrogen-bond acceptors (Lipinski definition) is 3. The molecule has 4 rings (SSSR count). The zero-order chi connectivity index (χ0) is 16.9. The minimum atomic E-state index is -3.68. The number of nitriles is 1. The number of aryl methyl sites for hydroxylation is 1. The molecule has 0 radical (unpaired) electrons. The first-order chi connectivity index (χ1) is 11.5. The third kappa shape index (κ3) is 2.31. The average molecular weight is 336 g/mol. The number of aromatic nitrogens is 1. The molecule has 0 aliphatic heterocycles. The van der Waals surface area contributed by atoms with E-state index in [9.17, 15) is 8.42 Å². The molecule has 1 aliphatic rings. The smallest absolute Gasteiger partial charge is 0.241 e. The van der Waals surface area contributed by atoms with Gasteiger partial charge in [-0.15, -0.1) is 0 Å². The largest absolute Gasteiger partial charge is 0.268 e. The molecule has 0 bridgehead atoms. The Bertz CT molecular complexity index is 1080. The molecule has 5 heteroatoms. The third-order valence-electron chi connectivity index (χ3n) is 4.53. The first-order valence-corrected chi connectivity index (χ1v) is 9.32. The predicted octanol–water partition coefficient (Wildman–Crippen LogP) is 3.94. The lowest BCUT2D eigenvalue weighted by atomic mass is 10.1. The molecular formula is C19H16N2O2S. The molecule has 120 valence electrons. The van der Waals surface area contributed by atoms with Crippen molar-refractivity contribution in [1.29, 1.82) is 5.26 Å². The van der Waals surface area contributed by atoms with Gasteiger partial charge in [-0.2, -0.15) is 5.26 Å². The van der Waals surface area contributed by atoms with Crippen LogP contribution >= 0.6 is 0 Å². The predicted molar refractivity (Wildman–Crippen MR) is 92.4 cm³/mol. The van der Waals surface area contributed by atoms with Crippen molar-refractivity contribution in [3.63, 3.8) is 0 Å². The second-order valence-electron chi connectivity index (χ2n) is 6.32. The minimum Gasteiger partial charge on any atom is -0.241 e. The van der Waals surface area contributed by atoms with E-state index in [2.05, 4.69) is 6.07 Å². The van der Waals surface area contributed by atoms with Gasteiger partial charge in [0.25, 0.3) is 10.0 Å². The Labute approximate surface area is 141 Å². The van der Waals surface area contributed by atoms with E-state index in [1.165, 1.54) is 3.97 Å². The van der Waals surface area contributed by atoms with Crippen LogP contribution in [0.3, 0.4) is 0 Å². The fourth-order valence-electron chi connectivity index (χ4n) is 3.04. The quantitative estimate of drug-likeness (QED) is 0.728. The molecule has 24 heavy (non-hydrogen) atoms. The van der Waals surface area contributed by atoms with Crippen molar-refractivity contribution in [1.82, 2.24) is 3.97 Å². The second-order valence-corrected chi connectivity index (χ2v) is 8.13. The molecule has 1 fully saturated rings. The fraction of sp³-hybridized carbons (Fsp3) is 0.211. The molecule has 0 unspecified atom stereocenters. The molecule has 0 spiro atoms. The van der Waals surface area contributed by atoms with E-state index in [4.69, 9.17) is 5.26 Å². The van der Waals surface area contributed by atoms with Gasteiger partial charge in [0.05, 0.1) is 22.0 Å². The summed E-state index contributed by atoms with van der Waals surface area (Å²) in [5, 5.41) is 10.1. The summed E-state index contributed by atoms with van der Waals surface area (Å²) in [4.78, 5) is 0.259. The maximum atomic E-state index is 13.1. The Hall–Kier alpha value is -2.58. The third-order valence-corrected chi connectivity index (χ3v) is 6.21. The van der Waals surface area contributed by atoms with Gasteiger partial charge in [-0.3, -0.25) is 0 Å². The summed E-state index contributed by atoms with van der Waals surface area (Å²) in [6.45, 7) is 1.92. The SMILES string of the molecule is Cc1ccc(S(=O)(=O)n2cc(C3CC3)c3ccc(C#N)cc32)cc1. The van der Waals surface area contributed by atoms with Crippen LogP contribution in [0.1, 0.15) is 35.4 Å². The van der Waals surface area contributed by atoms with Gasteiger partial charge in [-0.1, -0.05) is 23.8 Å². The van der Waals surface area contributed by atoms with Crippen LogP contribution in [-0.4, -0.2) is 12.4 Å².